The number of carbonyl (C=O) groups is 1. The van der Waals surface area contributed by atoms with Crippen LogP contribution in [0.1, 0.15) is 52.2 Å². The topological polar surface area (TPSA) is 44.8 Å². The van der Waals surface area contributed by atoms with E-state index < -0.39 is 0 Å². The molecule has 0 aromatic heterocycles. The molecule has 0 N–H and O–H groups in total. The van der Waals surface area contributed by atoms with Crippen LogP contribution in [0.2, 0.25) is 0 Å². The standard InChI is InChI=1S/C24H34O4/c1-8-10-21(16-27-19(6)25)23(11-9-2)28-22-15-14-20(13-12-17(3)4)24(26-7)18(22)5/h8-11,14-15,17H,12-13,16H2,1-7H3/b10-8+,11-9-,23-21-. The van der Waals surface area contributed by atoms with E-state index in [2.05, 4.69) is 19.9 Å². The van der Waals surface area contributed by atoms with Gasteiger partial charge in [0.15, 0.2) is 0 Å². The van der Waals surface area contributed by atoms with Crippen molar-refractivity contribution in [3.05, 3.63) is 58.9 Å². The number of ether oxygens (including phenoxy) is 3. The van der Waals surface area contributed by atoms with Gasteiger partial charge < -0.3 is 14.2 Å². The highest BCUT2D eigenvalue weighted by Crippen LogP contribution is 2.34. The fourth-order valence-corrected chi connectivity index (χ4v) is 2.82. The highest BCUT2D eigenvalue weighted by Gasteiger charge is 2.14. The lowest BCUT2D eigenvalue weighted by molar-refractivity contribution is -0.139. The van der Waals surface area contributed by atoms with Crippen LogP contribution in [0.4, 0.5) is 0 Å². The molecule has 0 aliphatic rings. The van der Waals surface area contributed by atoms with E-state index in [9.17, 15) is 4.79 Å². The van der Waals surface area contributed by atoms with Crippen LogP contribution in [0.5, 0.6) is 11.5 Å². The first-order valence-corrected chi connectivity index (χ1v) is 9.80. The summed E-state index contributed by atoms with van der Waals surface area (Å²) in [6.45, 7) is 11.8. The van der Waals surface area contributed by atoms with Crippen molar-refractivity contribution >= 4 is 5.97 Å². The number of carbonyl (C=O) groups excluding carboxylic acids is 1. The van der Waals surface area contributed by atoms with Gasteiger partial charge in [0.05, 0.1) is 7.11 Å². The molecule has 4 nitrogen and oxygen atoms in total. The summed E-state index contributed by atoms with van der Waals surface area (Å²) < 4.78 is 17.1. The van der Waals surface area contributed by atoms with Gasteiger partial charge in [0, 0.05) is 18.1 Å². The first kappa shape index (κ1) is 23.5. The van der Waals surface area contributed by atoms with Crippen LogP contribution in [-0.4, -0.2) is 19.7 Å². The third-order valence-corrected chi connectivity index (χ3v) is 4.29. The second-order valence-electron chi connectivity index (χ2n) is 7.09. The Labute approximate surface area is 169 Å². The molecule has 0 heterocycles. The largest absolute Gasteiger partial charge is 0.496 e. The van der Waals surface area contributed by atoms with E-state index in [1.165, 1.54) is 12.5 Å². The van der Waals surface area contributed by atoms with Gasteiger partial charge in [0.1, 0.15) is 23.9 Å². The summed E-state index contributed by atoms with van der Waals surface area (Å²) in [7, 11) is 1.69. The Morgan fingerprint density at radius 1 is 1.14 bits per heavy atom. The van der Waals surface area contributed by atoms with Crippen LogP contribution < -0.4 is 9.47 Å². The first-order valence-electron chi connectivity index (χ1n) is 9.80. The number of hydrogen-bond acceptors (Lipinski definition) is 4. The van der Waals surface area contributed by atoms with Crippen LogP contribution in [0.15, 0.2) is 47.8 Å². The summed E-state index contributed by atoms with van der Waals surface area (Å²) in [5.74, 6) is 2.54. The molecule has 0 saturated carbocycles. The fraction of sp³-hybridized carbons (Fsp3) is 0.458. The minimum absolute atomic E-state index is 0.155. The summed E-state index contributed by atoms with van der Waals surface area (Å²) in [5, 5.41) is 0. The fourth-order valence-electron chi connectivity index (χ4n) is 2.82. The second-order valence-corrected chi connectivity index (χ2v) is 7.09. The Bertz CT molecular complexity index is 739. The second kappa shape index (κ2) is 12.1. The molecule has 28 heavy (non-hydrogen) atoms. The average molecular weight is 387 g/mol. The lowest BCUT2D eigenvalue weighted by Gasteiger charge is -2.18. The molecule has 4 heteroatoms. The van der Waals surface area contributed by atoms with Crippen LogP contribution in [0, 0.1) is 12.8 Å². The predicted octanol–water partition coefficient (Wildman–Crippen LogP) is 5.94. The Kier molecular flexibility index (Phi) is 10.1. The van der Waals surface area contributed by atoms with Gasteiger partial charge in [0.25, 0.3) is 0 Å². The molecule has 154 valence electrons. The van der Waals surface area contributed by atoms with E-state index in [0.29, 0.717) is 11.7 Å². The van der Waals surface area contributed by atoms with Crippen LogP contribution in [-0.2, 0) is 16.0 Å². The molecule has 0 aliphatic heterocycles. The maximum Gasteiger partial charge on any atom is 0.302 e. The molecule has 0 radical (unpaired) electrons. The molecule has 0 aliphatic carbocycles. The van der Waals surface area contributed by atoms with E-state index in [0.717, 1.165) is 35.5 Å². The van der Waals surface area contributed by atoms with Crippen LogP contribution >= 0.6 is 0 Å². The van der Waals surface area contributed by atoms with Crippen molar-refractivity contribution in [2.75, 3.05) is 13.7 Å². The first-order chi connectivity index (χ1) is 13.3. The molecule has 0 atom stereocenters. The van der Waals surface area contributed by atoms with Crippen molar-refractivity contribution in [3.63, 3.8) is 0 Å². The van der Waals surface area contributed by atoms with Gasteiger partial charge in [0.2, 0.25) is 0 Å². The molecule has 0 amide bonds. The number of allylic oxidation sites excluding steroid dienone is 3. The zero-order valence-corrected chi connectivity index (χ0v) is 18.3. The molecule has 0 saturated heterocycles. The molecule has 0 unspecified atom stereocenters. The van der Waals surface area contributed by atoms with E-state index in [1.54, 1.807) is 7.11 Å². The number of rotatable bonds is 10. The van der Waals surface area contributed by atoms with Crippen molar-refractivity contribution < 1.29 is 19.0 Å². The smallest absolute Gasteiger partial charge is 0.302 e. The van der Waals surface area contributed by atoms with Gasteiger partial charge in [-0.3, -0.25) is 4.79 Å². The zero-order valence-electron chi connectivity index (χ0n) is 18.3. The molecular weight excluding hydrogens is 352 g/mol. The summed E-state index contributed by atoms with van der Waals surface area (Å²) >= 11 is 0. The van der Waals surface area contributed by atoms with Gasteiger partial charge in [-0.15, -0.1) is 0 Å². The number of esters is 1. The Hall–Kier alpha value is -2.49. The zero-order chi connectivity index (χ0) is 21.1. The normalized spacial score (nSPS) is 12.6. The van der Waals surface area contributed by atoms with E-state index in [-0.39, 0.29) is 12.6 Å². The molecule has 0 fully saturated rings. The molecular formula is C24H34O4. The lowest BCUT2D eigenvalue weighted by atomic mass is 9.99. The van der Waals surface area contributed by atoms with Gasteiger partial charge in [-0.2, -0.15) is 0 Å². The molecule has 1 aromatic carbocycles. The maximum atomic E-state index is 11.2. The van der Waals surface area contributed by atoms with Crippen molar-refractivity contribution in [2.45, 2.75) is 54.4 Å². The minimum Gasteiger partial charge on any atom is -0.496 e. The van der Waals surface area contributed by atoms with Crippen molar-refractivity contribution in [3.8, 4) is 11.5 Å². The van der Waals surface area contributed by atoms with Gasteiger partial charge >= 0.3 is 5.97 Å². The minimum atomic E-state index is -0.325. The monoisotopic (exact) mass is 386 g/mol. The molecule has 0 bridgehead atoms. The Morgan fingerprint density at radius 3 is 2.36 bits per heavy atom. The van der Waals surface area contributed by atoms with E-state index >= 15 is 0 Å². The molecule has 1 rings (SSSR count). The lowest BCUT2D eigenvalue weighted by Crippen LogP contribution is -2.08. The third kappa shape index (κ3) is 7.26. The summed E-state index contributed by atoms with van der Waals surface area (Å²) in [4.78, 5) is 11.2. The molecule has 0 spiro atoms. The van der Waals surface area contributed by atoms with Crippen LogP contribution in [0.3, 0.4) is 0 Å². The highest BCUT2D eigenvalue weighted by molar-refractivity contribution is 5.66. The maximum absolute atomic E-state index is 11.2. The third-order valence-electron chi connectivity index (χ3n) is 4.29. The van der Waals surface area contributed by atoms with Gasteiger partial charge in [-0.1, -0.05) is 38.1 Å². The number of aryl methyl sites for hydroxylation is 1. The molecule has 1 aromatic rings. The summed E-state index contributed by atoms with van der Waals surface area (Å²) in [6.07, 6.45) is 9.63. The highest BCUT2D eigenvalue weighted by atomic mass is 16.5. The Morgan fingerprint density at radius 2 is 1.82 bits per heavy atom. The summed E-state index contributed by atoms with van der Waals surface area (Å²) in [6, 6.07) is 4.05. The van der Waals surface area contributed by atoms with E-state index in [4.69, 9.17) is 14.2 Å². The summed E-state index contributed by atoms with van der Waals surface area (Å²) in [5.41, 5.74) is 2.93. The quantitative estimate of drug-likeness (QED) is 0.283. The van der Waals surface area contributed by atoms with Crippen molar-refractivity contribution in [2.24, 2.45) is 5.92 Å². The number of methoxy groups -OCH3 is 1. The van der Waals surface area contributed by atoms with Crippen molar-refractivity contribution in [1.29, 1.82) is 0 Å². The van der Waals surface area contributed by atoms with Crippen LogP contribution in [0.25, 0.3) is 0 Å². The SMILES string of the molecule is C\C=C/C(Oc1ccc(CCC(C)C)c(OC)c1C)=C(\C=C\C)COC(C)=O. The van der Waals surface area contributed by atoms with E-state index in [1.807, 2.05) is 51.1 Å². The number of benzene rings is 1. The average Bonchev–Trinajstić information content (AvgIpc) is 2.64. The van der Waals surface area contributed by atoms with Gasteiger partial charge in [-0.05, 0) is 57.2 Å². The predicted molar refractivity (Wildman–Crippen MR) is 115 cm³/mol. The Balaban J connectivity index is 3.28. The van der Waals surface area contributed by atoms with Crippen molar-refractivity contribution in [1.82, 2.24) is 0 Å². The number of hydrogen-bond donors (Lipinski definition) is 0. The van der Waals surface area contributed by atoms with Gasteiger partial charge in [-0.25, -0.2) is 0 Å².